The Kier molecular flexibility index (Phi) is 5.39. The molecule has 126 valence electrons. The van der Waals surface area contributed by atoms with Gasteiger partial charge in [-0.25, -0.2) is 4.39 Å². The second kappa shape index (κ2) is 7.11. The van der Waals surface area contributed by atoms with E-state index in [1.54, 1.807) is 19.1 Å². The number of carboxylic acid groups (broad SMARTS) is 1. The first-order chi connectivity index (χ1) is 10.8. The molecule has 3 atom stereocenters. The molecule has 2 N–H and O–H groups in total. The topological polar surface area (TPSA) is 66.4 Å². The highest BCUT2D eigenvalue weighted by Crippen LogP contribution is 2.34. The van der Waals surface area contributed by atoms with E-state index in [1.165, 1.54) is 12.1 Å². The molecule has 3 unspecified atom stereocenters. The number of aliphatic carboxylic acids is 1. The van der Waals surface area contributed by atoms with Crippen LogP contribution in [0.25, 0.3) is 0 Å². The molecule has 0 bridgehead atoms. The summed E-state index contributed by atoms with van der Waals surface area (Å²) in [6, 6.07) is 6.20. The maximum atomic E-state index is 13.2. The van der Waals surface area contributed by atoms with Gasteiger partial charge in [-0.1, -0.05) is 31.9 Å². The molecule has 1 aromatic carbocycles. The van der Waals surface area contributed by atoms with Crippen molar-refractivity contribution in [3.05, 3.63) is 35.6 Å². The lowest BCUT2D eigenvalue weighted by atomic mass is 9.73. The van der Waals surface area contributed by atoms with E-state index < -0.39 is 17.4 Å². The summed E-state index contributed by atoms with van der Waals surface area (Å²) in [6.45, 7) is 3.60. The van der Waals surface area contributed by atoms with E-state index in [1.807, 2.05) is 6.92 Å². The number of halogens is 1. The van der Waals surface area contributed by atoms with E-state index in [0.29, 0.717) is 19.3 Å². The van der Waals surface area contributed by atoms with Gasteiger partial charge in [-0.2, -0.15) is 0 Å². The molecule has 0 aromatic heterocycles. The standard InChI is InChI=1S/C18H24FNO3/c1-12(10-13-6-5-7-14(19)11-13)16(21)20-18(2)9-4-3-8-15(18)17(22)23/h5-7,11-12,15H,3-4,8-10H2,1-2H3,(H,20,21)(H,22,23). The first kappa shape index (κ1) is 17.4. The Bertz CT molecular complexity index is 589. The van der Waals surface area contributed by atoms with Gasteiger partial charge in [-0.05, 0) is 43.9 Å². The number of hydrogen-bond donors (Lipinski definition) is 2. The molecule has 0 radical (unpaired) electrons. The number of carbonyl (C=O) groups is 2. The fraction of sp³-hybridized carbons (Fsp3) is 0.556. The fourth-order valence-electron chi connectivity index (χ4n) is 3.39. The minimum atomic E-state index is -0.856. The predicted octanol–water partition coefficient (Wildman–Crippen LogP) is 3.15. The van der Waals surface area contributed by atoms with Crippen molar-refractivity contribution in [1.29, 1.82) is 0 Å². The van der Waals surface area contributed by atoms with E-state index in [-0.39, 0.29) is 17.6 Å². The van der Waals surface area contributed by atoms with Crippen molar-refractivity contribution in [3.8, 4) is 0 Å². The van der Waals surface area contributed by atoms with Gasteiger partial charge in [-0.3, -0.25) is 9.59 Å². The largest absolute Gasteiger partial charge is 0.481 e. The Hall–Kier alpha value is -1.91. The quantitative estimate of drug-likeness (QED) is 0.875. The lowest BCUT2D eigenvalue weighted by Gasteiger charge is -2.40. The monoisotopic (exact) mass is 321 g/mol. The number of rotatable bonds is 5. The minimum absolute atomic E-state index is 0.176. The molecule has 1 amide bonds. The SMILES string of the molecule is CC(Cc1cccc(F)c1)C(=O)NC1(C)CCCCC1C(=O)O. The third-order valence-corrected chi connectivity index (χ3v) is 4.79. The van der Waals surface area contributed by atoms with Crippen LogP contribution in [-0.2, 0) is 16.0 Å². The van der Waals surface area contributed by atoms with Crippen LogP contribution in [0.3, 0.4) is 0 Å². The van der Waals surface area contributed by atoms with Gasteiger partial charge in [0, 0.05) is 5.92 Å². The van der Waals surface area contributed by atoms with Crippen molar-refractivity contribution in [2.24, 2.45) is 11.8 Å². The van der Waals surface area contributed by atoms with Crippen LogP contribution in [0.5, 0.6) is 0 Å². The zero-order valence-corrected chi connectivity index (χ0v) is 13.6. The lowest BCUT2D eigenvalue weighted by molar-refractivity contribution is -0.147. The first-order valence-corrected chi connectivity index (χ1v) is 8.11. The third kappa shape index (κ3) is 4.30. The summed E-state index contributed by atoms with van der Waals surface area (Å²) in [5.41, 5.74) is 0.0495. The van der Waals surface area contributed by atoms with Crippen molar-refractivity contribution < 1.29 is 19.1 Å². The summed E-state index contributed by atoms with van der Waals surface area (Å²) in [5, 5.41) is 12.3. The predicted molar refractivity (Wildman–Crippen MR) is 85.4 cm³/mol. The Balaban J connectivity index is 2.03. The number of carbonyl (C=O) groups excluding carboxylic acids is 1. The highest BCUT2D eigenvalue weighted by molar-refractivity contribution is 5.81. The van der Waals surface area contributed by atoms with Crippen molar-refractivity contribution in [2.45, 2.75) is 51.5 Å². The molecule has 2 rings (SSSR count). The Morgan fingerprint density at radius 1 is 1.43 bits per heavy atom. The molecule has 0 spiro atoms. The summed E-state index contributed by atoms with van der Waals surface area (Å²) >= 11 is 0. The smallest absolute Gasteiger partial charge is 0.308 e. The molecule has 1 aliphatic carbocycles. The van der Waals surface area contributed by atoms with Gasteiger partial charge in [0.25, 0.3) is 0 Å². The molecule has 0 saturated heterocycles. The molecule has 4 nitrogen and oxygen atoms in total. The van der Waals surface area contributed by atoms with Crippen LogP contribution in [0.15, 0.2) is 24.3 Å². The van der Waals surface area contributed by atoms with Crippen LogP contribution < -0.4 is 5.32 Å². The van der Waals surface area contributed by atoms with Gasteiger partial charge in [0.1, 0.15) is 5.82 Å². The maximum absolute atomic E-state index is 13.2. The number of carboxylic acids is 1. The van der Waals surface area contributed by atoms with Crippen LogP contribution in [0.2, 0.25) is 0 Å². The van der Waals surface area contributed by atoms with Crippen molar-refractivity contribution in [3.63, 3.8) is 0 Å². The average Bonchev–Trinajstić information content (AvgIpc) is 2.46. The Labute approximate surface area is 136 Å². The number of benzene rings is 1. The zero-order chi connectivity index (χ0) is 17.0. The summed E-state index contributed by atoms with van der Waals surface area (Å²) in [5.74, 6) is -2.25. The van der Waals surface area contributed by atoms with Crippen LogP contribution in [0.4, 0.5) is 4.39 Å². The van der Waals surface area contributed by atoms with E-state index in [2.05, 4.69) is 5.32 Å². The Morgan fingerprint density at radius 2 is 2.17 bits per heavy atom. The number of hydrogen-bond acceptors (Lipinski definition) is 2. The van der Waals surface area contributed by atoms with Gasteiger partial charge < -0.3 is 10.4 Å². The maximum Gasteiger partial charge on any atom is 0.308 e. The van der Waals surface area contributed by atoms with Crippen LogP contribution in [0.1, 0.15) is 45.1 Å². The van der Waals surface area contributed by atoms with E-state index in [9.17, 15) is 19.1 Å². The third-order valence-electron chi connectivity index (χ3n) is 4.79. The normalized spacial score (nSPS) is 25.6. The second-order valence-electron chi connectivity index (χ2n) is 6.78. The molecule has 1 aliphatic rings. The van der Waals surface area contributed by atoms with Gasteiger partial charge >= 0.3 is 5.97 Å². The number of amides is 1. The molecular weight excluding hydrogens is 297 g/mol. The molecule has 1 saturated carbocycles. The Morgan fingerprint density at radius 3 is 2.83 bits per heavy atom. The van der Waals surface area contributed by atoms with E-state index in [4.69, 9.17) is 0 Å². The van der Waals surface area contributed by atoms with Gasteiger partial charge in [0.05, 0.1) is 11.5 Å². The first-order valence-electron chi connectivity index (χ1n) is 8.11. The van der Waals surface area contributed by atoms with Gasteiger partial charge in [-0.15, -0.1) is 0 Å². The number of nitrogens with one attached hydrogen (secondary N) is 1. The molecule has 0 aliphatic heterocycles. The highest BCUT2D eigenvalue weighted by atomic mass is 19.1. The molecule has 5 heteroatoms. The van der Waals surface area contributed by atoms with Gasteiger partial charge in [0.15, 0.2) is 0 Å². The summed E-state index contributed by atoms with van der Waals surface area (Å²) < 4.78 is 13.2. The molecule has 23 heavy (non-hydrogen) atoms. The summed E-state index contributed by atoms with van der Waals surface area (Å²) in [7, 11) is 0. The van der Waals surface area contributed by atoms with Gasteiger partial charge in [0.2, 0.25) is 5.91 Å². The highest BCUT2D eigenvalue weighted by Gasteiger charge is 2.42. The fourth-order valence-corrected chi connectivity index (χ4v) is 3.39. The molecule has 1 aromatic rings. The average molecular weight is 321 g/mol. The zero-order valence-electron chi connectivity index (χ0n) is 13.6. The van der Waals surface area contributed by atoms with Crippen molar-refractivity contribution in [2.75, 3.05) is 0 Å². The molecular formula is C18H24FNO3. The summed E-state index contributed by atoms with van der Waals surface area (Å²) in [6.07, 6.45) is 3.48. The van der Waals surface area contributed by atoms with Crippen molar-refractivity contribution >= 4 is 11.9 Å². The van der Waals surface area contributed by atoms with Crippen molar-refractivity contribution in [1.82, 2.24) is 5.32 Å². The van der Waals surface area contributed by atoms with E-state index in [0.717, 1.165) is 18.4 Å². The lowest BCUT2D eigenvalue weighted by Crippen LogP contribution is -2.56. The van der Waals surface area contributed by atoms with Crippen LogP contribution >= 0.6 is 0 Å². The summed E-state index contributed by atoms with van der Waals surface area (Å²) in [4.78, 5) is 23.9. The van der Waals surface area contributed by atoms with Crippen LogP contribution in [-0.4, -0.2) is 22.5 Å². The van der Waals surface area contributed by atoms with E-state index >= 15 is 0 Å². The second-order valence-corrected chi connectivity index (χ2v) is 6.78. The molecule has 1 fully saturated rings. The van der Waals surface area contributed by atoms with Crippen LogP contribution in [0, 0.1) is 17.7 Å². The minimum Gasteiger partial charge on any atom is -0.481 e. The molecule has 0 heterocycles.